The third-order valence-electron chi connectivity index (χ3n) is 2.50. The first-order valence-electron chi connectivity index (χ1n) is 6.07. The van der Waals surface area contributed by atoms with Crippen LogP contribution in [0, 0.1) is 0 Å². The van der Waals surface area contributed by atoms with Crippen molar-refractivity contribution < 1.29 is 14.6 Å². The predicted octanol–water partition coefficient (Wildman–Crippen LogP) is 3.89. The zero-order chi connectivity index (χ0) is 14.0. The smallest absolute Gasteiger partial charge is 0.412 e. The topological polar surface area (TPSA) is 58.6 Å². The molecule has 2 rings (SSSR count). The summed E-state index contributed by atoms with van der Waals surface area (Å²) in [6.07, 6.45) is -0.494. The van der Waals surface area contributed by atoms with Gasteiger partial charge in [0, 0.05) is 11.1 Å². The number of anilines is 1. The quantitative estimate of drug-likeness (QED) is 0.816. The summed E-state index contributed by atoms with van der Waals surface area (Å²) < 4.78 is 5.18. The van der Waals surface area contributed by atoms with E-state index in [2.05, 4.69) is 5.32 Å². The molecule has 0 aromatic heterocycles. The number of hydrogen-bond acceptors (Lipinski definition) is 3. The van der Waals surface area contributed by atoms with Crippen molar-refractivity contribution in [3.8, 4) is 5.75 Å². The van der Waals surface area contributed by atoms with E-state index in [9.17, 15) is 9.90 Å². The summed E-state index contributed by atoms with van der Waals surface area (Å²) in [6, 6.07) is 10.5. The Morgan fingerprint density at radius 3 is 2.63 bits per heavy atom. The van der Waals surface area contributed by atoms with Gasteiger partial charge in [0.2, 0.25) is 0 Å². The second kappa shape index (κ2) is 4.80. The number of rotatable bonds is 1. The van der Waals surface area contributed by atoms with Crippen LogP contribution in [0.5, 0.6) is 5.75 Å². The second-order valence-corrected chi connectivity index (χ2v) is 5.34. The molecular weight excluding hydrogens is 242 g/mol. The highest BCUT2D eigenvalue weighted by molar-refractivity contribution is 5.93. The van der Waals surface area contributed by atoms with Crippen LogP contribution in [0.2, 0.25) is 0 Å². The van der Waals surface area contributed by atoms with Crippen LogP contribution in [0.1, 0.15) is 20.8 Å². The predicted molar refractivity (Wildman–Crippen MR) is 75.5 cm³/mol. The number of benzene rings is 2. The molecule has 0 aliphatic rings. The first kappa shape index (κ1) is 13.2. The summed E-state index contributed by atoms with van der Waals surface area (Å²) in [5.41, 5.74) is 0.103. The molecule has 100 valence electrons. The molecule has 0 heterocycles. The normalized spacial score (nSPS) is 11.3. The third kappa shape index (κ3) is 3.37. The minimum atomic E-state index is -0.529. The number of hydrogen-bond donors (Lipinski definition) is 2. The van der Waals surface area contributed by atoms with E-state index in [1.54, 1.807) is 30.3 Å². The first-order chi connectivity index (χ1) is 8.85. The van der Waals surface area contributed by atoms with Crippen molar-refractivity contribution in [3.05, 3.63) is 36.4 Å². The molecule has 1 amide bonds. The molecule has 0 fully saturated rings. The highest BCUT2D eigenvalue weighted by Gasteiger charge is 2.16. The number of phenolic OH excluding ortho intramolecular Hbond substituents is 1. The summed E-state index contributed by atoms with van der Waals surface area (Å²) in [6.45, 7) is 5.43. The average molecular weight is 259 g/mol. The standard InChI is InChI=1S/C15H17NO3/c1-15(2,3)19-14(18)16-11-7-8-12-10(9-11)5-4-6-13(12)17/h4-9,17H,1-3H3,(H,16,18). The largest absolute Gasteiger partial charge is 0.507 e. The summed E-state index contributed by atoms with van der Waals surface area (Å²) in [5.74, 6) is 0.223. The zero-order valence-electron chi connectivity index (χ0n) is 11.2. The number of ether oxygens (including phenoxy) is 1. The van der Waals surface area contributed by atoms with E-state index < -0.39 is 11.7 Å². The van der Waals surface area contributed by atoms with Crippen molar-refractivity contribution >= 4 is 22.6 Å². The molecule has 2 N–H and O–H groups in total. The van der Waals surface area contributed by atoms with E-state index >= 15 is 0 Å². The molecule has 0 spiro atoms. The maximum Gasteiger partial charge on any atom is 0.412 e. The van der Waals surface area contributed by atoms with E-state index in [1.165, 1.54) is 0 Å². The monoisotopic (exact) mass is 259 g/mol. The molecule has 19 heavy (non-hydrogen) atoms. The molecule has 2 aromatic carbocycles. The molecule has 0 saturated carbocycles. The van der Waals surface area contributed by atoms with E-state index in [4.69, 9.17) is 4.74 Å². The SMILES string of the molecule is CC(C)(C)OC(=O)Nc1ccc2c(O)cccc2c1. The molecule has 0 saturated heterocycles. The third-order valence-corrected chi connectivity index (χ3v) is 2.50. The Morgan fingerprint density at radius 2 is 1.95 bits per heavy atom. The number of fused-ring (bicyclic) bond motifs is 1. The first-order valence-corrected chi connectivity index (χ1v) is 6.07. The summed E-state index contributed by atoms with van der Waals surface area (Å²) >= 11 is 0. The van der Waals surface area contributed by atoms with Gasteiger partial charge in [0.1, 0.15) is 11.4 Å². The molecule has 4 nitrogen and oxygen atoms in total. The van der Waals surface area contributed by atoms with Crippen LogP contribution in [0.25, 0.3) is 10.8 Å². The maximum atomic E-state index is 11.6. The average Bonchev–Trinajstić information content (AvgIpc) is 2.26. The van der Waals surface area contributed by atoms with E-state index in [-0.39, 0.29) is 5.75 Å². The van der Waals surface area contributed by atoms with Crippen LogP contribution >= 0.6 is 0 Å². The Labute approximate surface area is 112 Å². The van der Waals surface area contributed by atoms with Crippen molar-refractivity contribution in [2.45, 2.75) is 26.4 Å². The number of nitrogens with one attached hydrogen (secondary N) is 1. The van der Waals surface area contributed by atoms with Gasteiger partial charge in [-0.15, -0.1) is 0 Å². The number of carbonyl (C=O) groups excluding carboxylic acids is 1. The molecule has 0 aliphatic carbocycles. The van der Waals surface area contributed by atoms with Crippen molar-refractivity contribution in [3.63, 3.8) is 0 Å². The van der Waals surface area contributed by atoms with Crippen LogP contribution in [0.3, 0.4) is 0 Å². The molecular formula is C15H17NO3. The Hall–Kier alpha value is -2.23. The van der Waals surface area contributed by atoms with E-state index in [0.717, 1.165) is 10.8 Å². The number of aromatic hydroxyl groups is 1. The van der Waals surface area contributed by atoms with Gasteiger partial charge in [-0.05, 0) is 50.4 Å². The Balaban J connectivity index is 2.20. The lowest BCUT2D eigenvalue weighted by atomic mass is 10.1. The summed E-state index contributed by atoms with van der Waals surface area (Å²) in [7, 11) is 0. The van der Waals surface area contributed by atoms with Crippen molar-refractivity contribution in [2.24, 2.45) is 0 Å². The molecule has 0 atom stereocenters. The fourth-order valence-electron chi connectivity index (χ4n) is 1.77. The van der Waals surface area contributed by atoms with Gasteiger partial charge in [0.05, 0.1) is 0 Å². The van der Waals surface area contributed by atoms with E-state index in [0.29, 0.717) is 5.69 Å². The lowest BCUT2D eigenvalue weighted by Crippen LogP contribution is -2.27. The summed E-state index contributed by atoms with van der Waals surface area (Å²) in [4.78, 5) is 11.6. The Kier molecular flexibility index (Phi) is 3.34. The van der Waals surface area contributed by atoms with Gasteiger partial charge >= 0.3 is 6.09 Å². The fourth-order valence-corrected chi connectivity index (χ4v) is 1.77. The second-order valence-electron chi connectivity index (χ2n) is 5.34. The van der Waals surface area contributed by atoms with Gasteiger partial charge in [-0.1, -0.05) is 12.1 Å². The lowest BCUT2D eigenvalue weighted by Gasteiger charge is -2.19. The lowest BCUT2D eigenvalue weighted by molar-refractivity contribution is 0.0636. The molecule has 0 unspecified atom stereocenters. The van der Waals surface area contributed by atoms with E-state index in [1.807, 2.05) is 26.8 Å². The van der Waals surface area contributed by atoms with Crippen LogP contribution in [0.4, 0.5) is 10.5 Å². The summed E-state index contributed by atoms with van der Waals surface area (Å²) in [5, 5.41) is 14.0. The Morgan fingerprint density at radius 1 is 1.21 bits per heavy atom. The molecule has 0 bridgehead atoms. The number of amides is 1. The van der Waals surface area contributed by atoms with Crippen molar-refractivity contribution in [1.29, 1.82) is 0 Å². The van der Waals surface area contributed by atoms with Gasteiger partial charge in [-0.25, -0.2) is 4.79 Å². The molecule has 4 heteroatoms. The number of phenols is 1. The van der Waals surface area contributed by atoms with Gasteiger partial charge in [0.25, 0.3) is 0 Å². The number of carbonyl (C=O) groups is 1. The molecule has 2 aromatic rings. The van der Waals surface area contributed by atoms with Gasteiger partial charge < -0.3 is 9.84 Å². The van der Waals surface area contributed by atoms with Gasteiger partial charge in [-0.2, -0.15) is 0 Å². The molecule has 0 aliphatic heterocycles. The highest BCUT2D eigenvalue weighted by Crippen LogP contribution is 2.26. The zero-order valence-corrected chi connectivity index (χ0v) is 11.2. The molecule has 0 radical (unpaired) electrons. The van der Waals surface area contributed by atoms with Gasteiger partial charge in [-0.3, -0.25) is 5.32 Å². The van der Waals surface area contributed by atoms with Crippen LogP contribution < -0.4 is 5.32 Å². The van der Waals surface area contributed by atoms with Crippen LogP contribution in [-0.2, 0) is 4.74 Å². The minimum absolute atomic E-state index is 0.223. The van der Waals surface area contributed by atoms with Crippen LogP contribution in [0.15, 0.2) is 36.4 Å². The van der Waals surface area contributed by atoms with Gasteiger partial charge in [0.15, 0.2) is 0 Å². The van der Waals surface area contributed by atoms with Crippen molar-refractivity contribution in [2.75, 3.05) is 5.32 Å². The van der Waals surface area contributed by atoms with Crippen LogP contribution in [-0.4, -0.2) is 16.8 Å². The van der Waals surface area contributed by atoms with Crippen molar-refractivity contribution in [1.82, 2.24) is 0 Å². The fraction of sp³-hybridized carbons (Fsp3) is 0.267. The minimum Gasteiger partial charge on any atom is -0.507 e. The highest BCUT2D eigenvalue weighted by atomic mass is 16.6. The Bertz CT molecular complexity index is 614. The maximum absolute atomic E-state index is 11.6.